The molecule has 0 saturated heterocycles. The Morgan fingerprint density at radius 2 is 1.15 bits per heavy atom. The molecule has 2 atom stereocenters. The van der Waals surface area contributed by atoms with Crippen LogP contribution in [0.15, 0.2) is 121 Å². The zero-order valence-electron chi connectivity index (χ0n) is 33.2. The van der Waals surface area contributed by atoms with E-state index < -0.39 is 5.79 Å². The molecule has 0 spiro atoms. The van der Waals surface area contributed by atoms with Crippen molar-refractivity contribution in [2.45, 2.75) is 100 Å². The normalized spacial score (nSPS) is 11.5. The summed E-state index contributed by atoms with van der Waals surface area (Å²) in [5.74, 6) is 0.659. The first-order valence-electron chi connectivity index (χ1n) is 17.8. The van der Waals surface area contributed by atoms with Crippen LogP contribution in [0.4, 0.5) is 4.79 Å². The molecule has 0 aromatic heterocycles. The van der Waals surface area contributed by atoms with Crippen molar-refractivity contribution in [3.05, 3.63) is 143 Å². The smallest absolute Gasteiger partial charge is 0.314 e. The van der Waals surface area contributed by atoms with E-state index in [2.05, 4.69) is 102 Å². The molecule has 286 valence electrons. The molecular weight excluding hydrogens is 716 g/mol. The Morgan fingerprint density at radius 3 is 1.44 bits per heavy atom. The van der Waals surface area contributed by atoms with Crippen LogP contribution in [-0.4, -0.2) is 41.4 Å². The maximum Gasteiger partial charge on any atom is 0.314 e. The van der Waals surface area contributed by atoms with Gasteiger partial charge < -0.3 is 30.0 Å². The fourth-order valence-corrected chi connectivity index (χ4v) is 4.10. The predicted molar refractivity (Wildman–Crippen MR) is 222 cm³/mol. The summed E-state index contributed by atoms with van der Waals surface area (Å²) in [7, 11) is 1.55. The molecular formula is C44H63BrN2O5. The molecule has 4 aromatic rings. The second-order valence-corrected chi connectivity index (χ2v) is 12.8. The molecule has 2 unspecified atom stereocenters. The summed E-state index contributed by atoms with van der Waals surface area (Å²) in [6.45, 7) is 20.2. The van der Waals surface area contributed by atoms with E-state index >= 15 is 0 Å². The van der Waals surface area contributed by atoms with E-state index in [1.807, 2.05) is 88.4 Å². The number of hydrogen-bond donors (Lipinski definition) is 3. The summed E-state index contributed by atoms with van der Waals surface area (Å²) in [4.78, 5) is 11.0. The predicted octanol–water partition coefficient (Wildman–Crippen LogP) is 11.0. The SMILES string of the molecule is C/C=C(\C)CBr.CC.CNC(=O)NC(C)C(C)OC(C)(C)O.Cc1ccc(OCc2ccccc2)cc1.Cc1ccc(OCc2ccccc2)cc1. The van der Waals surface area contributed by atoms with E-state index in [4.69, 9.17) is 14.2 Å². The molecule has 0 aliphatic carbocycles. The maximum atomic E-state index is 11.0. The standard InChI is InChI=1S/2C14H14O.C9H20N2O3.C5H9Br.C2H6/c2*1-12-7-9-14(10-8-12)15-11-13-5-3-2-4-6-13;1-6(11-8(12)10-5)7(2)14-9(3,4)13;1-3-5(2)4-6;1-2/h2*2-10H,11H2,1H3;6-7,13H,1-5H3,(H2,10,11,12);3H,4H2,1-2H3;1-2H3/b;;;5-3+;. The number of urea groups is 1. The molecule has 2 amide bonds. The molecule has 7 nitrogen and oxygen atoms in total. The number of nitrogens with one attached hydrogen (secondary N) is 2. The van der Waals surface area contributed by atoms with Gasteiger partial charge in [-0.2, -0.15) is 0 Å². The fraction of sp³-hybridized carbons (Fsp3) is 0.386. The van der Waals surface area contributed by atoms with Crippen LogP contribution in [-0.2, 0) is 18.0 Å². The second kappa shape index (κ2) is 28.5. The number of halogens is 1. The van der Waals surface area contributed by atoms with Crippen LogP contribution in [0.3, 0.4) is 0 Å². The Bertz CT molecular complexity index is 1390. The van der Waals surface area contributed by atoms with Crippen LogP contribution in [0.25, 0.3) is 0 Å². The number of allylic oxidation sites excluding steroid dienone is 2. The number of benzene rings is 4. The Kier molecular flexibility index (Phi) is 26.2. The Hall–Kier alpha value is -4.11. The van der Waals surface area contributed by atoms with Crippen molar-refractivity contribution in [2.75, 3.05) is 12.4 Å². The number of amides is 2. The van der Waals surface area contributed by atoms with Gasteiger partial charge in [-0.25, -0.2) is 4.79 Å². The Morgan fingerprint density at radius 1 is 0.769 bits per heavy atom. The van der Waals surface area contributed by atoms with E-state index in [0.717, 1.165) is 16.8 Å². The molecule has 3 N–H and O–H groups in total. The highest BCUT2D eigenvalue weighted by molar-refractivity contribution is 9.09. The third kappa shape index (κ3) is 24.9. The van der Waals surface area contributed by atoms with Gasteiger partial charge in [0.1, 0.15) is 24.7 Å². The zero-order valence-corrected chi connectivity index (χ0v) is 34.8. The molecule has 8 heteroatoms. The number of ether oxygens (including phenoxy) is 3. The number of aliphatic hydroxyl groups is 1. The summed E-state index contributed by atoms with van der Waals surface area (Å²) >= 11 is 3.31. The maximum absolute atomic E-state index is 11.0. The van der Waals surface area contributed by atoms with Crippen molar-refractivity contribution in [3.63, 3.8) is 0 Å². The van der Waals surface area contributed by atoms with Gasteiger partial charge in [-0.05, 0) is 90.8 Å². The molecule has 52 heavy (non-hydrogen) atoms. The third-order valence-electron chi connectivity index (χ3n) is 7.01. The molecule has 4 aromatic carbocycles. The monoisotopic (exact) mass is 778 g/mol. The molecule has 0 bridgehead atoms. The van der Waals surface area contributed by atoms with Crippen LogP contribution in [0.5, 0.6) is 11.5 Å². The number of carbonyl (C=O) groups excluding carboxylic acids is 1. The lowest BCUT2D eigenvalue weighted by Gasteiger charge is -2.28. The minimum absolute atomic E-state index is 0.165. The van der Waals surface area contributed by atoms with Crippen LogP contribution < -0.4 is 20.1 Å². The summed E-state index contributed by atoms with van der Waals surface area (Å²) in [5.41, 5.74) is 6.27. The molecule has 4 rings (SSSR count). The highest BCUT2D eigenvalue weighted by Crippen LogP contribution is 2.15. The minimum atomic E-state index is -1.18. The van der Waals surface area contributed by atoms with Gasteiger partial charge in [-0.15, -0.1) is 0 Å². The summed E-state index contributed by atoms with van der Waals surface area (Å²) in [6, 6.07) is 36.2. The molecule has 0 aliphatic rings. The molecule has 0 fully saturated rings. The fourth-order valence-electron chi connectivity index (χ4n) is 3.78. The van der Waals surface area contributed by atoms with Crippen molar-refractivity contribution in [3.8, 4) is 11.5 Å². The summed E-state index contributed by atoms with van der Waals surface area (Å²) < 4.78 is 16.6. The van der Waals surface area contributed by atoms with Gasteiger partial charge in [0, 0.05) is 12.4 Å². The van der Waals surface area contributed by atoms with Gasteiger partial charge in [-0.1, -0.05) is 137 Å². The average molecular weight is 780 g/mol. The van der Waals surface area contributed by atoms with Gasteiger partial charge in [0.05, 0.1) is 12.1 Å². The lowest BCUT2D eigenvalue weighted by molar-refractivity contribution is -0.205. The Labute approximate surface area is 322 Å². The van der Waals surface area contributed by atoms with E-state index in [1.54, 1.807) is 27.8 Å². The number of alkyl halides is 1. The average Bonchev–Trinajstić information content (AvgIpc) is 3.15. The lowest BCUT2D eigenvalue weighted by Crippen LogP contribution is -2.47. The van der Waals surface area contributed by atoms with Crippen LogP contribution in [0.2, 0.25) is 0 Å². The van der Waals surface area contributed by atoms with Gasteiger partial charge in [0.25, 0.3) is 0 Å². The minimum Gasteiger partial charge on any atom is -0.489 e. The van der Waals surface area contributed by atoms with Gasteiger partial charge in [-0.3, -0.25) is 0 Å². The summed E-state index contributed by atoms with van der Waals surface area (Å²) in [6.07, 6.45) is 1.83. The van der Waals surface area contributed by atoms with Crippen molar-refractivity contribution >= 4 is 22.0 Å². The number of carbonyl (C=O) groups is 1. The van der Waals surface area contributed by atoms with E-state index in [-0.39, 0.29) is 18.2 Å². The highest BCUT2D eigenvalue weighted by atomic mass is 79.9. The molecule has 0 aliphatic heterocycles. The van der Waals surface area contributed by atoms with Gasteiger partial charge >= 0.3 is 6.03 Å². The first kappa shape index (κ1) is 47.9. The number of hydrogen-bond acceptors (Lipinski definition) is 5. The van der Waals surface area contributed by atoms with Crippen molar-refractivity contribution < 1.29 is 24.1 Å². The van der Waals surface area contributed by atoms with Crippen molar-refractivity contribution in [1.29, 1.82) is 0 Å². The Balaban J connectivity index is 0.000000681. The highest BCUT2D eigenvalue weighted by Gasteiger charge is 2.22. The number of aryl methyl sites for hydroxylation is 2. The van der Waals surface area contributed by atoms with Gasteiger partial charge in [0.2, 0.25) is 0 Å². The largest absolute Gasteiger partial charge is 0.489 e. The quantitative estimate of drug-likeness (QED) is 0.0801. The van der Waals surface area contributed by atoms with E-state index in [0.29, 0.717) is 13.2 Å². The van der Waals surface area contributed by atoms with E-state index in [1.165, 1.54) is 27.8 Å². The third-order valence-corrected chi connectivity index (χ3v) is 7.89. The topological polar surface area (TPSA) is 89.1 Å². The lowest BCUT2D eigenvalue weighted by atomic mass is 10.2. The summed E-state index contributed by atoms with van der Waals surface area (Å²) in [5, 5.41) is 15.5. The first-order chi connectivity index (χ1) is 24.8. The van der Waals surface area contributed by atoms with Gasteiger partial charge in [0.15, 0.2) is 5.79 Å². The molecule has 0 saturated carbocycles. The molecule has 0 heterocycles. The number of rotatable bonds is 11. The molecule has 0 radical (unpaired) electrons. The van der Waals surface area contributed by atoms with Crippen molar-refractivity contribution in [2.24, 2.45) is 0 Å². The van der Waals surface area contributed by atoms with Crippen molar-refractivity contribution in [1.82, 2.24) is 10.6 Å². The second-order valence-electron chi connectivity index (χ2n) is 12.2. The van der Waals surface area contributed by atoms with Crippen LogP contribution in [0.1, 0.15) is 77.6 Å². The van der Waals surface area contributed by atoms with Crippen LogP contribution >= 0.6 is 15.9 Å². The zero-order chi connectivity index (χ0) is 39.4. The van der Waals surface area contributed by atoms with Crippen LogP contribution in [0, 0.1) is 13.8 Å². The van der Waals surface area contributed by atoms with E-state index in [9.17, 15) is 9.90 Å². The first-order valence-corrected chi connectivity index (χ1v) is 18.9.